The van der Waals surface area contributed by atoms with E-state index in [1.807, 2.05) is 6.07 Å². The molecule has 0 radical (unpaired) electrons. The van der Waals surface area contributed by atoms with Crippen molar-refractivity contribution in [2.45, 2.75) is 12.8 Å². The van der Waals surface area contributed by atoms with Gasteiger partial charge in [-0.25, -0.2) is 0 Å². The van der Waals surface area contributed by atoms with Crippen LogP contribution in [0.15, 0.2) is 11.6 Å². The van der Waals surface area contributed by atoms with Crippen molar-refractivity contribution < 1.29 is 0 Å². The highest BCUT2D eigenvalue weighted by Crippen LogP contribution is 2.08. The summed E-state index contributed by atoms with van der Waals surface area (Å²) in [6.07, 6.45) is 3.77. The first-order chi connectivity index (χ1) is 4.43. The molecule has 1 aliphatic rings. The summed E-state index contributed by atoms with van der Waals surface area (Å²) in [4.78, 5) is 0. The summed E-state index contributed by atoms with van der Waals surface area (Å²) in [5.74, 6) is 0. The third kappa shape index (κ3) is 1.87. The molecule has 0 atom stereocenters. The van der Waals surface area contributed by atoms with Gasteiger partial charge in [-0.05, 0) is 25.9 Å². The molecule has 2 heteroatoms. The zero-order valence-corrected chi connectivity index (χ0v) is 5.35. The van der Waals surface area contributed by atoms with E-state index in [0.29, 0.717) is 0 Å². The molecule has 1 rings (SSSR count). The molecule has 1 N–H and O–H groups in total. The Kier molecular flexibility index (Phi) is 2.29. The van der Waals surface area contributed by atoms with Crippen LogP contribution in [-0.4, -0.2) is 13.1 Å². The Morgan fingerprint density at radius 3 is 2.67 bits per heavy atom. The van der Waals surface area contributed by atoms with Crippen LogP contribution < -0.4 is 5.32 Å². The molecule has 0 aromatic carbocycles. The molecule has 1 heterocycles. The van der Waals surface area contributed by atoms with Crippen molar-refractivity contribution in [1.29, 1.82) is 5.26 Å². The maximum atomic E-state index is 8.27. The number of hydrogen-bond acceptors (Lipinski definition) is 2. The van der Waals surface area contributed by atoms with E-state index in [9.17, 15) is 0 Å². The Morgan fingerprint density at radius 2 is 2.11 bits per heavy atom. The fourth-order valence-corrected chi connectivity index (χ4v) is 0.984. The minimum absolute atomic E-state index is 1.04. The van der Waals surface area contributed by atoms with Crippen LogP contribution in [0.5, 0.6) is 0 Å². The summed E-state index contributed by atoms with van der Waals surface area (Å²) in [6.45, 7) is 2.07. The summed E-state index contributed by atoms with van der Waals surface area (Å²) >= 11 is 0. The Balaban J connectivity index is 2.42. The largest absolute Gasteiger partial charge is 0.316 e. The lowest BCUT2D eigenvalue weighted by atomic mass is 10.1. The fraction of sp³-hybridized carbons (Fsp3) is 0.571. The maximum absolute atomic E-state index is 8.27. The lowest BCUT2D eigenvalue weighted by molar-refractivity contribution is 0.610. The van der Waals surface area contributed by atoms with Crippen molar-refractivity contribution in [1.82, 2.24) is 5.32 Å². The molecule has 9 heavy (non-hydrogen) atoms. The zero-order valence-electron chi connectivity index (χ0n) is 5.35. The second kappa shape index (κ2) is 3.26. The molecule has 0 aromatic rings. The SMILES string of the molecule is N#CC=C1CCNCC1. The van der Waals surface area contributed by atoms with Crippen molar-refractivity contribution in [3.63, 3.8) is 0 Å². The van der Waals surface area contributed by atoms with E-state index in [0.717, 1.165) is 25.9 Å². The number of nitrogens with zero attached hydrogens (tertiary/aromatic N) is 1. The normalized spacial score (nSPS) is 18.8. The maximum Gasteiger partial charge on any atom is 0.0911 e. The third-order valence-corrected chi connectivity index (χ3v) is 1.51. The van der Waals surface area contributed by atoms with E-state index in [-0.39, 0.29) is 0 Å². The summed E-state index contributed by atoms with van der Waals surface area (Å²) < 4.78 is 0. The Bertz CT molecular complexity index is 145. The molecule has 48 valence electrons. The average Bonchev–Trinajstić information content (AvgIpc) is 1.91. The number of piperidine rings is 1. The molecule has 0 bridgehead atoms. The van der Waals surface area contributed by atoms with Gasteiger partial charge >= 0.3 is 0 Å². The van der Waals surface area contributed by atoms with Crippen LogP contribution in [-0.2, 0) is 0 Å². The second-order valence-corrected chi connectivity index (χ2v) is 2.18. The second-order valence-electron chi connectivity index (χ2n) is 2.18. The van der Waals surface area contributed by atoms with E-state index >= 15 is 0 Å². The van der Waals surface area contributed by atoms with Crippen molar-refractivity contribution >= 4 is 0 Å². The summed E-state index contributed by atoms with van der Waals surface area (Å²) in [5, 5.41) is 11.5. The molecular formula is C7H10N2. The highest BCUT2D eigenvalue weighted by Gasteiger charge is 2.02. The first kappa shape index (κ1) is 6.31. The number of nitriles is 1. The molecule has 1 saturated heterocycles. The third-order valence-electron chi connectivity index (χ3n) is 1.51. The molecule has 0 unspecified atom stereocenters. The molecule has 1 aliphatic heterocycles. The smallest absolute Gasteiger partial charge is 0.0911 e. The van der Waals surface area contributed by atoms with Crippen LogP contribution >= 0.6 is 0 Å². The van der Waals surface area contributed by atoms with Crippen LogP contribution in [0.25, 0.3) is 0 Å². The molecule has 0 aromatic heterocycles. The van der Waals surface area contributed by atoms with Crippen LogP contribution in [0, 0.1) is 11.3 Å². The van der Waals surface area contributed by atoms with Gasteiger partial charge in [0.05, 0.1) is 6.07 Å². The molecule has 0 aliphatic carbocycles. The van der Waals surface area contributed by atoms with Gasteiger partial charge in [-0.1, -0.05) is 5.57 Å². The number of nitrogens with one attached hydrogen (secondary N) is 1. The molecule has 1 fully saturated rings. The highest BCUT2D eigenvalue weighted by atomic mass is 14.9. The van der Waals surface area contributed by atoms with Crippen LogP contribution in [0.1, 0.15) is 12.8 Å². The van der Waals surface area contributed by atoms with Gasteiger partial charge < -0.3 is 5.32 Å². The van der Waals surface area contributed by atoms with Gasteiger partial charge in [0.15, 0.2) is 0 Å². The van der Waals surface area contributed by atoms with Gasteiger partial charge in [0, 0.05) is 6.08 Å². The standard InChI is InChI=1S/C7H10N2/c8-4-1-7-2-5-9-6-3-7/h1,9H,2-3,5-6H2. The number of rotatable bonds is 0. The number of allylic oxidation sites excluding steroid dienone is 1. The predicted octanol–water partition coefficient (Wildman–Crippen LogP) is 0.820. The monoisotopic (exact) mass is 122 g/mol. The minimum Gasteiger partial charge on any atom is -0.316 e. The van der Waals surface area contributed by atoms with Crippen LogP contribution in [0.4, 0.5) is 0 Å². The predicted molar refractivity (Wildman–Crippen MR) is 35.8 cm³/mol. The van der Waals surface area contributed by atoms with E-state index in [2.05, 4.69) is 5.32 Å². The quantitative estimate of drug-likeness (QED) is 0.483. The number of hydrogen-bond donors (Lipinski definition) is 1. The fourth-order valence-electron chi connectivity index (χ4n) is 0.984. The molecule has 0 spiro atoms. The van der Waals surface area contributed by atoms with Crippen LogP contribution in [0.2, 0.25) is 0 Å². The zero-order chi connectivity index (χ0) is 6.53. The van der Waals surface area contributed by atoms with E-state index in [1.54, 1.807) is 6.08 Å². The van der Waals surface area contributed by atoms with Gasteiger partial charge in [0.25, 0.3) is 0 Å². The average molecular weight is 122 g/mol. The van der Waals surface area contributed by atoms with E-state index in [1.165, 1.54) is 5.57 Å². The van der Waals surface area contributed by atoms with Gasteiger partial charge in [-0.3, -0.25) is 0 Å². The van der Waals surface area contributed by atoms with Crippen molar-refractivity contribution in [3.8, 4) is 6.07 Å². The first-order valence-corrected chi connectivity index (χ1v) is 3.22. The van der Waals surface area contributed by atoms with Crippen molar-refractivity contribution in [2.75, 3.05) is 13.1 Å². The van der Waals surface area contributed by atoms with E-state index in [4.69, 9.17) is 5.26 Å². The first-order valence-electron chi connectivity index (χ1n) is 3.22. The molecule has 0 saturated carbocycles. The molecule has 0 amide bonds. The lowest BCUT2D eigenvalue weighted by Crippen LogP contribution is -2.22. The highest BCUT2D eigenvalue weighted by molar-refractivity contribution is 5.15. The summed E-state index contributed by atoms with van der Waals surface area (Å²) in [7, 11) is 0. The topological polar surface area (TPSA) is 35.8 Å². The van der Waals surface area contributed by atoms with Crippen molar-refractivity contribution in [2.24, 2.45) is 0 Å². The van der Waals surface area contributed by atoms with Gasteiger partial charge in [-0.2, -0.15) is 5.26 Å². The van der Waals surface area contributed by atoms with Gasteiger partial charge in [-0.15, -0.1) is 0 Å². The lowest BCUT2D eigenvalue weighted by Gasteiger charge is -2.13. The molecule has 2 nitrogen and oxygen atoms in total. The van der Waals surface area contributed by atoms with Gasteiger partial charge in [0.2, 0.25) is 0 Å². The Morgan fingerprint density at radius 1 is 1.44 bits per heavy atom. The van der Waals surface area contributed by atoms with E-state index < -0.39 is 0 Å². The van der Waals surface area contributed by atoms with Crippen LogP contribution in [0.3, 0.4) is 0 Å². The molecular weight excluding hydrogens is 112 g/mol. The summed E-state index contributed by atoms with van der Waals surface area (Å²) in [5.41, 5.74) is 1.29. The Labute approximate surface area is 55.2 Å². The Hall–Kier alpha value is -0.810. The van der Waals surface area contributed by atoms with Gasteiger partial charge in [0.1, 0.15) is 0 Å². The summed E-state index contributed by atoms with van der Waals surface area (Å²) in [6, 6.07) is 2.05. The minimum atomic E-state index is 1.04. The van der Waals surface area contributed by atoms with Crippen molar-refractivity contribution in [3.05, 3.63) is 11.6 Å².